The van der Waals surface area contributed by atoms with Gasteiger partial charge in [-0.3, -0.25) is 14.9 Å². The number of hydrogen-bond acceptors (Lipinski definition) is 8. The predicted molar refractivity (Wildman–Crippen MR) is 76.5 cm³/mol. The van der Waals surface area contributed by atoms with Crippen molar-refractivity contribution >= 4 is 11.9 Å². The zero-order chi connectivity index (χ0) is 17.9. The highest BCUT2D eigenvalue weighted by Crippen LogP contribution is 2.20. The van der Waals surface area contributed by atoms with E-state index in [0.717, 1.165) is 0 Å². The van der Waals surface area contributed by atoms with E-state index in [4.69, 9.17) is 10.2 Å². The van der Waals surface area contributed by atoms with Crippen LogP contribution >= 0.6 is 0 Å². The maximum atomic E-state index is 11.0. The van der Waals surface area contributed by atoms with Crippen molar-refractivity contribution in [2.45, 2.75) is 25.8 Å². The Bertz CT molecular complexity index is 391. The number of hydrogen-bond donors (Lipinski definition) is 2. The third-order valence-electron chi connectivity index (χ3n) is 2.66. The maximum absolute atomic E-state index is 11.0. The minimum absolute atomic E-state index is 0.0385. The number of ether oxygens (including phenoxy) is 2. The van der Waals surface area contributed by atoms with Gasteiger partial charge in [0.05, 0.1) is 38.9 Å². The molecule has 1 atom stereocenters. The van der Waals surface area contributed by atoms with Crippen molar-refractivity contribution in [3.8, 4) is 0 Å². The molecule has 128 valence electrons. The van der Waals surface area contributed by atoms with Crippen LogP contribution < -0.4 is 0 Å². The zero-order valence-electron chi connectivity index (χ0n) is 13.2. The van der Waals surface area contributed by atoms with Gasteiger partial charge < -0.3 is 19.7 Å². The van der Waals surface area contributed by atoms with Gasteiger partial charge in [0, 0.05) is 25.2 Å². The molecule has 9 heteroatoms. The van der Waals surface area contributed by atoms with Crippen molar-refractivity contribution in [2.24, 2.45) is 5.92 Å². The van der Waals surface area contributed by atoms with E-state index in [-0.39, 0.29) is 18.6 Å². The van der Waals surface area contributed by atoms with E-state index < -0.39 is 34.9 Å². The molecule has 0 rings (SSSR count). The lowest BCUT2D eigenvalue weighted by atomic mass is 9.92. The molecule has 0 spiro atoms. The van der Waals surface area contributed by atoms with Crippen LogP contribution in [0.1, 0.15) is 20.3 Å². The van der Waals surface area contributed by atoms with E-state index in [9.17, 15) is 19.7 Å². The van der Waals surface area contributed by atoms with Crippen molar-refractivity contribution in [1.29, 1.82) is 0 Å². The maximum Gasteiger partial charge on any atom is 0.335 e. The van der Waals surface area contributed by atoms with Crippen LogP contribution in [0, 0.1) is 16.0 Å². The molecule has 0 heterocycles. The molecule has 0 aliphatic carbocycles. The van der Waals surface area contributed by atoms with Gasteiger partial charge in [-0.2, -0.15) is 0 Å². The fourth-order valence-corrected chi connectivity index (χ4v) is 1.28. The third kappa shape index (κ3) is 8.32. The van der Waals surface area contributed by atoms with Crippen LogP contribution in [-0.2, 0) is 19.1 Å². The number of methoxy groups -OCH3 is 2. The highest BCUT2D eigenvalue weighted by molar-refractivity contribution is 5.87. The van der Waals surface area contributed by atoms with Crippen molar-refractivity contribution in [2.75, 3.05) is 27.4 Å². The highest BCUT2D eigenvalue weighted by atomic mass is 16.6. The number of aliphatic hydroxyl groups excluding tert-OH is 2. The van der Waals surface area contributed by atoms with Gasteiger partial charge in [-0.05, 0) is 0 Å². The number of nitrogens with zero attached hydrogens (tertiary/aromatic N) is 1. The molecule has 0 aliphatic rings. The molecule has 1 unspecified atom stereocenters. The summed E-state index contributed by atoms with van der Waals surface area (Å²) in [6.45, 7) is 5.24. The number of carbonyl (C=O) groups is 2. The van der Waals surface area contributed by atoms with Gasteiger partial charge in [-0.1, -0.05) is 6.58 Å². The Morgan fingerprint density at radius 1 is 1.27 bits per heavy atom. The molecule has 0 fully saturated rings. The van der Waals surface area contributed by atoms with Crippen molar-refractivity contribution in [1.82, 2.24) is 0 Å². The quantitative estimate of drug-likeness (QED) is 0.287. The van der Waals surface area contributed by atoms with Crippen molar-refractivity contribution in [3.63, 3.8) is 0 Å². The summed E-state index contributed by atoms with van der Waals surface area (Å²) in [6.07, 6.45) is -0.0385. The average molecular weight is 321 g/mol. The Hall–Kier alpha value is -2.00. The van der Waals surface area contributed by atoms with E-state index in [0.29, 0.717) is 0 Å². The molecule has 0 saturated carbocycles. The van der Waals surface area contributed by atoms with Gasteiger partial charge in [0.2, 0.25) is 5.54 Å². The highest BCUT2D eigenvalue weighted by Gasteiger charge is 2.37. The predicted octanol–water partition coefficient (Wildman–Crippen LogP) is -0.0788. The molecule has 0 aromatic heterocycles. The van der Waals surface area contributed by atoms with Crippen LogP contribution in [0.3, 0.4) is 0 Å². The van der Waals surface area contributed by atoms with Crippen molar-refractivity contribution < 1.29 is 34.2 Å². The van der Waals surface area contributed by atoms with Crippen LogP contribution in [0.25, 0.3) is 0 Å². The average Bonchev–Trinajstić information content (AvgIpc) is 2.50. The first-order valence-electron chi connectivity index (χ1n) is 6.27. The molecular weight excluding hydrogens is 298 g/mol. The lowest BCUT2D eigenvalue weighted by Gasteiger charge is -2.19. The first-order valence-corrected chi connectivity index (χ1v) is 6.27. The van der Waals surface area contributed by atoms with Crippen LogP contribution in [0.5, 0.6) is 0 Å². The molecule has 2 N–H and O–H groups in total. The molecule has 9 nitrogen and oxygen atoms in total. The second-order valence-electron chi connectivity index (χ2n) is 4.93. The summed E-state index contributed by atoms with van der Waals surface area (Å²) < 4.78 is 8.61. The Morgan fingerprint density at radius 2 is 1.77 bits per heavy atom. The Balaban J connectivity index is 0. The minimum Gasteiger partial charge on any atom is -0.469 e. The van der Waals surface area contributed by atoms with Crippen LogP contribution in [0.15, 0.2) is 12.2 Å². The summed E-state index contributed by atoms with van der Waals surface area (Å²) in [5, 5.41) is 27.6. The molecule has 22 heavy (non-hydrogen) atoms. The van der Waals surface area contributed by atoms with E-state index in [2.05, 4.69) is 16.1 Å². The first-order chi connectivity index (χ1) is 10.1. The summed E-state index contributed by atoms with van der Waals surface area (Å²) in [7, 11) is 2.42. The van der Waals surface area contributed by atoms with Gasteiger partial charge >= 0.3 is 11.9 Å². The fraction of sp³-hybridized carbons (Fsp3) is 0.692. The Labute approximate surface area is 128 Å². The van der Waals surface area contributed by atoms with Gasteiger partial charge in [0.15, 0.2) is 0 Å². The first kappa shape index (κ1) is 22.3. The van der Waals surface area contributed by atoms with Crippen LogP contribution in [-0.4, -0.2) is 60.0 Å². The summed E-state index contributed by atoms with van der Waals surface area (Å²) in [5.74, 6) is -2.02. The van der Waals surface area contributed by atoms with Gasteiger partial charge in [-0.15, -0.1) is 0 Å². The monoisotopic (exact) mass is 321 g/mol. The number of aliphatic hydroxyl groups is 2. The molecule has 0 aromatic carbocycles. The summed E-state index contributed by atoms with van der Waals surface area (Å²) >= 11 is 0. The summed E-state index contributed by atoms with van der Waals surface area (Å²) in [6, 6.07) is 0. The van der Waals surface area contributed by atoms with Crippen molar-refractivity contribution in [3.05, 3.63) is 22.3 Å². The third-order valence-corrected chi connectivity index (χ3v) is 2.66. The fourth-order valence-electron chi connectivity index (χ4n) is 1.28. The number of carbonyl (C=O) groups excluding carboxylic acids is 2. The van der Waals surface area contributed by atoms with E-state index >= 15 is 0 Å². The van der Waals surface area contributed by atoms with Gasteiger partial charge in [0.1, 0.15) is 0 Å². The molecule has 0 amide bonds. The lowest BCUT2D eigenvalue weighted by Crippen LogP contribution is -2.37. The lowest BCUT2D eigenvalue weighted by molar-refractivity contribution is -0.562. The number of rotatable bonds is 7. The SMILES string of the molecule is C=C(CO)C(=O)OC.COC(=O)C(CO)CC(C)(C)[N+](=O)[O-]. The normalized spacial score (nSPS) is 11.5. The van der Waals surface area contributed by atoms with E-state index in [1.54, 1.807) is 0 Å². The second-order valence-corrected chi connectivity index (χ2v) is 4.93. The topological polar surface area (TPSA) is 136 Å². The standard InChI is InChI=1S/C8H15NO5.C5H8O3/c1-8(2,9(12)13)4-6(5-10)7(11)14-3;1-4(3-6)5(7)8-2/h6,10H,4-5H2,1-3H3;6H,1,3H2,2H3. The van der Waals surface area contributed by atoms with E-state index in [1.165, 1.54) is 28.1 Å². The smallest absolute Gasteiger partial charge is 0.335 e. The van der Waals surface area contributed by atoms with Gasteiger partial charge in [0.25, 0.3) is 0 Å². The van der Waals surface area contributed by atoms with Crippen LogP contribution in [0.2, 0.25) is 0 Å². The summed E-state index contributed by atoms with van der Waals surface area (Å²) in [4.78, 5) is 31.4. The number of esters is 2. The Kier molecular flexibility index (Phi) is 10.8. The largest absolute Gasteiger partial charge is 0.469 e. The number of nitro groups is 1. The molecule has 0 aliphatic heterocycles. The molecule has 0 saturated heterocycles. The molecular formula is C13H23NO8. The zero-order valence-corrected chi connectivity index (χ0v) is 13.2. The molecule has 0 aromatic rings. The Morgan fingerprint density at radius 3 is 2.00 bits per heavy atom. The minimum atomic E-state index is -1.23. The summed E-state index contributed by atoms with van der Waals surface area (Å²) in [5.41, 5.74) is -1.16. The van der Waals surface area contributed by atoms with Crippen LogP contribution in [0.4, 0.5) is 0 Å². The van der Waals surface area contributed by atoms with Gasteiger partial charge in [-0.25, -0.2) is 4.79 Å². The molecule has 0 bridgehead atoms. The van der Waals surface area contributed by atoms with E-state index in [1.807, 2.05) is 0 Å². The molecule has 0 radical (unpaired) electrons. The second kappa shape index (κ2) is 10.7.